The highest BCUT2D eigenvalue weighted by Gasteiger charge is 2.36. The van der Waals surface area contributed by atoms with Crippen molar-refractivity contribution in [2.45, 2.75) is 31.8 Å². The molecule has 0 N–H and O–H groups in total. The standard InChI is InChI=1S/C12H17ClN2O2S/c13-6-2-8-18(16,17)15(12-4-5-12)10-11-3-1-7-14-9-11/h1,3,7,9,12H,2,4-6,8,10H2. The topological polar surface area (TPSA) is 50.3 Å². The molecular formula is C12H17ClN2O2S. The lowest BCUT2D eigenvalue weighted by Crippen LogP contribution is -2.34. The number of hydrogen-bond donors (Lipinski definition) is 0. The van der Waals surface area contributed by atoms with Crippen LogP contribution in [-0.4, -0.2) is 35.4 Å². The van der Waals surface area contributed by atoms with Gasteiger partial charge in [0.05, 0.1) is 5.75 Å². The van der Waals surface area contributed by atoms with Crippen LogP contribution in [0.15, 0.2) is 24.5 Å². The van der Waals surface area contributed by atoms with Crippen molar-refractivity contribution >= 4 is 21.6 Å². The summed E-state index contributed by atoms with van der Waals surface area (Å²) in [5.41, 5.74) is 0.929. The molecular weight excluding hydrogens is 272 g/mol. The second-order valence-electron chi connectivity index (χ2n) is 4.50. The number of rotatable bonds is 7. The molecule has 0 saturated heterocycles. The van der Waals surface area contributed by atoms with E-state index in [1.165, 1.54) is 0 Å². The number of hydrogen-bond acceptors (Lipinski definition) is 3. The zero-order chi connectivity index (χ0) is 13.0. The summed E-state index contributed by atoms with van der Waals surface area (Å²) in [5.74, 6) is 0.512. The molecule has 1 heterocycles. The van der Waals surface area contributed by atoms with Gasteiger partial charge in [0.2, 0.25) is 10.0 Å². The molecule has 0 aliphatic heterocycles. The van der Waals surface area contributed by atoms with Crippen molar-refractivity contribution in [3.63, 3.8) is 0 Å². The molecule has 2 rings (SSSR count). The van der Waals surface area contributed by atoms with Crippen LogP contribution in [0.2, 0.25) is 0 Å². The Morgan fingerprint density at radius 1 is 1.44 bits per heavy atom. The third-order valence-electron chi connectivity index (χ3n) is 2.91. The number of alkyl halides is 1. The normalized spacial score (nSPS) is 16.1. The van der Waals surface area contributed by atoms with Gasteiger partial charge >= 0.3 is 0 Å². The van der Waals surface area contributed by atoms with Gasteiger partial charge in [-0.15, -0.1) is 11.6 Å². The van der Waals surface area contributed by atoms with Gasteiger partial charge in [0, 0.05) is 30.9 Å². The summed E-state index contributed by atoms with van der Waals surface area (Å²) in [6.07, 6.45) is 5.82. The van der Waals surface area contributed by atoms with E-state index >= 15 is 0 Å². The van der Waals surface area contributed by atoms with E-state index in [-0.39, 0.29) is 11.8 Å². The summed E-state index contributed by atoms with van der Waals surface area (Å²) >= 11 is 5.57. The molecule has 0 spiro atoms. The van der Waals surface area contributed by atoms with E-state index in [0.717, 1.165) is 18.4 Å². The molecule has 0 bridgehead atoms. The highest BCUT2D eigenvalue weighted by Crippen LogP contribution is 2.31. The molecule has 1 fully saturated rings. The highest BCUT2D eigenvalue weighted by atomic mass is 35.5. The van der Waals surface area contributed by atoms with Crippen molar-refractivity contribution in [3.05, 3.63) is 30.1 Å². The predicted molar refractivity (Wildman–Crippen MR) is 71.9 cm³/mol. The Bertz CT molecular complexity index is 474. The maximum absolute atomic E-state index is 12.2. The molecule has 6 heteroatoms. The maximum atomic E-state index is 12.2. The third-order valence-corrected chi connectivity index (χ3v) is 5.12. The van der Waals surface area contributed by atoms with E-state index in [1.54, 1.807) is 16.7 Å². The molecule has 0 unspecified atom stereocenters. The molecule has 18 heavy (non-hydrogen) atoms. The smallest absolute Gasteiger partial charge is 0.214 e. The van der Waals surface area contributed by atoms with Gasteiger partial charge in [-0.1, -0.05) is 6.07 Å². The van der Waals surface area contributed by atoms with E-state index in [9.17, 15) is 8.42 Å². The van der Waals surface area contributed by atoms with Crippen LogP contribution in [-0.2, 0) is 16.6 Å². The monoisotopic (exact) mass is 288 g/mol. The number of aromatic nitrogens is 1. The van der Waals surface area contributed by atoms with Crippen LogP contribution in [0, 0.1) is 0 Å². The minimum atomic E-state index is -3.20. The lowest BCUT2D eigenvalue weighted by Gasteiger charge is -2.21. The summed E-state index contributed by atoms with van der Waals surface area (Å²) in [4.78, 5) is 4.02. The van der Waals surface area contributed by atoms with Gasteiger partial charge < -0.3 is 0 Å². The molecule has 0 amide bonds. The van der Waals surface area contributed by atoms with Crippen LogP contribution in [0.5, 0.6) is 0 Å². The molecule has 0 radical (unpaired) electrons. The Morgan fingerprint density at radius 3 is 2.78 bits per heavy atom. The van der Waals surface area contributed by atoms with E-state index in [4.69, 9.17) is 11.6 Å². The predicted octanol–water partition coefficient (Wildman–Crippen LogP) is 2.00. The Kier molecular flexibility index (Phi) is 4.59. The quantitative estimate of drug-likeness (QED) is 0.721. The highest BCUT2D eigenvalue weighted by molar-refractivity contribution is 7.89. The molecule has 0 aromatic carbocycles. The van der Waals surface area contributed by atoms with Crippen LogP contribution in [0.1, 0.15) is 24.8 Å². The van der Waals surface area contributed by atoms with Gasteiger partial charge in [0.15, 0.2) is 0 Å². The maximum Gasteiger partial charge on any atom is 0.214 e. The van der Waals surface area contributed by atoms with Crippen LogP contribution in [0.3, 0.4) is 0 Å². The molecule has 4 nitrogen and oxygen atoms in total. The summed E-state index contributed by atoms with van der Waals surface area (Å²) in [6, 6.07) is 3.90. The van der Waals surface area contributed by atoms with Crippen LogP contribution < -0.4 is 0 Å². The van der Waals surface area contributed by atoms with E-state index in [2.05, 4.69) is 4.98 Å². The van der Waals surface area contributed by atoms with Crippen molar-refractivity contribution in [1.82, 2.24) is 9.29 Å². The largest absolute Gasteiger partial charge is 0.264 e. The van der Waals surface area contributed by atoms with Gasteiger partial charge in [0.25, 0.3) is 0 Å². The van der Waals surface area contributed by atoms with Crippen molar-refractivity contribution in [2.75, 3.05) is 11.6 Å². The third kappa shape index (κ3) is 3.67. The van der Waals surface area contributed by atoms with Crippen LogP contribution in [0.4, 0.5) is 0 Å². The lowest BCUT2D eigenvalue weighted by molar-refractivity contribution is 0.398. The Hall–Kier alpha value is -0.650. The minimum Gasteiger partial charge on any atom is -0.264 e. The van der Waals surface area contributed by atoms with Crippen molar-refractivity contribution in [1.29, 1.82) is 0 Å². The number of sulfonamides is 1. The van der Waals surface area contributed by atoms with Crippen LogP contribution >= 0.6 is 11.6 Å². The van der Waals surface area contributed by atoms with Gasteiger partial charge in [-0.05, 0) is 30.9 Å². The van der Waals surface area contributed by atoms with Crippen LogP contribution in [0.25, 0.3) is 0 Å². The summed E-state index contributed by atoms with van der Waals surface area (Å²) < 4.78 is 26.1. The lowest BCUT2D eigenvalue weighted by atomic mass is 10.3. The Balaban J connectivity index is 2.09. The summed E-state index contributed by atoms with van der Waals surface area (Å²) in [5, 5.41) is 0. The first-order valence-electron chi connectivity index (χ1n) is 6.08. The average Bonchev–Trinajstić information content (AvgIpc) is 3.19. The SMILES string of the molecule is O=S(=O)(CCCCl)N(Cc1cccnc1)C1CC1. The summed E-state index contributed by atoms with van der Waals surface area (Å²) in [6.45, 7) is 0.420. The second-order valence-corrected chi connectivity index (χ2v) is 6.92. The summed E-state index contributed by atoms with van der Waals surface area (Å²) in [7, 11) is -3.20. The first kappa shape index (κ1) is 13.8. The van der Waals surface area contributed by atoms with Gasteiger partial charge in [0.1, 0.15) is 0 Å². The Labute approximate surface area is 113 Å². The zero-order valence-electron chi connectivity index (χ0n) is 10.1. The first-order valence-corrected chi connectivity index (χ1v) is 8.22. The fourth-order valence-electron chi connectivity index (χ4n) is 1.84. The Morgan fingerprint density at radius 2 is 2.22 bits per heavy atom. The zero-order valence-corrected chi connectivity index (χ0v) is 11.7. The average molecular weight is 289 g/mol. The second kappa shape index (κ2) is 5.99. The molecule has 1 saturated carbocycles. The van der Waals surface area contributed by atoms with E-state index in [1.807, 2.05) is 12.1 Å². The van der Waals surface area contributed by atoms with Crippen molar-refractivity contribution < 1.29 is 8.42 Å². The molecule has 0 atom stereocenters. The minimum absolute atomic E-state index is 0.132. The van der Waals surface area contributed by atoms with Crippen molar-refractivity contribution in [3.8, 4) is 0 Å². The van der Waals surface area contributed by atoms with Gasteiger partial charge in [-0.25, -0.2) is 8.42 Å². The molecule has 1 aromatic rings. The fraction of sp³-hybridized carbons (Fsp3) is 0.583. The number of pyridine rings is 1. The number of nitrogens with zero attached hydrogens (tertiary/aromatic N) is 2. The molecule has 1 aliphatic rings. The van der Waals surface area contributed by atoms with Gasteiger partial charge in [-0.2, -0.15) is 4.31 Å². The van der Waals surface area contributed by atoms with E-state index in [0.29, 0.717) is 18.8 Å². The molecule has 1 aromatic heterocycles. The fourth-order valence-corrected chi connectivity index (χ4v) is 3.89. The number of halogens is 1. The van der Waals surface area contributed by atoms with E-state index < -0.39 is 10.0 Å². The van der Waals surface area contributed by atoms with Crippen molar-refractivity contribution in [2.24, 2.45) is 0 Å². The first-order chi connectivity index (χ1) is 8.63. The molecule has 100 valence electrons. The van der Waals surface area contributed by atoms with Gasteiger partial charge in [-0.3, -0.25) is 4.98 Å². The molecule has 1 aliphatic carbocycles.